The third-order valence-electron chi connectivity index (χ3n) is 4.75. The maximum atomic E-state index is 10.5. The molecule has 0 spiro atoms. The number of hydrogen-bond acceptors (Lipinski definition) is 4. The van der Waals surface area contributed by atoms with Gasteiger partial charge in [-0.15, -0.1) is 0 Å². The van der Waals surface area contributed by atoms with Crippen molar-refractivity contribution < 1.29 is 19.4 Å². The highest BCUT2D eigenvalue weighted by molar-refractivity contribution is 5.67. The molecule has 5 heteroatoms. The highest BCUT2D eigenvalue weighted by atomic mass is 16.5. The molecule has 3 N–H and O–H groups in total. The molecule has 0 saturated heterocycles. The minimum Gasteiger partial charge on any atom is -0.480 e. The first-order chi connectivity index (χ1) is 10.4. The predicted octanol–water partition coefficient (Wildman–Crippen LogP) is 3.21. The maximum Gasteiger partial charge on any atom is 0.329 e. The molecule has 0 saturated carbocycles. The summed E-state index contributed by atoms with van der Waals surface area (Å²) in [4.78, 5) is 10.5. The second-order valence-corrected chi connectivity index (χ2v) is 6.43. The van der Waals surface area contributed by atoms with E-state index in [4.69, 9.17) is 20.3 Å². The molecular weight excluding hydrogens is 282 g/mol. The largest absolute Gasteiger partial charge is 0.480 e. The molecule has 0 aromatic carbocycles. The van der Waals surface area contributed by atoms with E-state index in [1.807, 2.05) is 0 Å². The molecule has 0 aliphatic rings. The van der Waals surface area contributed by atoms with Crippen molar-refractivity contribution in [1.82, 2.24) is 0 Å². The van der Waals surface area contributed by atoms with E-state index in [2.05, 4.69) is 27.7 Å². The summed E-state index contributed by atoms with van der Waals surface area (Å²) in [5.74, 6) is -0.917. The van der Waals surface area contributed by atoms with Crippen LogP contribution in [0.3, 0.4) is 0 Å². The lowest BCUT2D eigenvalue weighted by molar-refractivity contribution is -0.143. The van der Waals surface area contributed by atoms with Gasteiger partial charge in [0.25, 0.3) is 0 Å². The normalized spacial score (nSPS) is 14.8. The van der Waals surface area contributed by atoms with Gasteiger partial charge in [0.15, 0.2) is 0 Å². The number of hydrogen-bond donors (Lipinski definition) is 2. The zero-order valence-electron chi connectivity index (χ0n) is 14.8. The van der Waals surface area contributed by atoms with Crippen molar-refractivity contribution in [3.05, 3.63) is 0 Å². The Morgan fingerprint density at radius 2 is 1.77 bits per heavy atom. The minimum absolute atomic E-state index is 0.00771. The van der Waals surface area contributed by atoms with Gasteiger partial charge in [-0.3, -0.25) is 0 Å². The lowest BCUT2D eigenvalue weighted by atomic mass is 9.83. The van der Waals surface area contributed by atoms with Crippen LogP contribution in [-0.2, 0) is 14.3 Å². The van der Waals surface area contributed by atoms with E-state index < -0.39 is 5.97 Å². The van der Waals surface area contributed by atoms with E-state index >= 15 is 0 Å². The average molecular weight is 317 g/mol. The molecule has 0 aromatic rings. The summed E-state index contributed by atoms with van der Waals surface area (Å²) in [7, 11) is 0. The summed E-state index contributed by atoms with van der Waals surface area (Å²) in [6.07, 6.45) is 5.73. The van der Waals surface area contributed by atoms with Crippen LogP contribution in [0.15, 0.2) is 0 Å². The summed E-state index contributed by atoms with van der Waals surface area (Å²) in [6.45, 7) is 10.2. The van der Waals surface area contributed by atoms with Crippen molar-refractivity contribution in [2.45, 2.75) is 71.8 Å². The maximum absolute atomic E-state index is 10.5. The van der Waals surface area contributed by atoms with Gasteiger partial charge in [0.2, 0.25) is 0 Å². The van der Waals surface area contributed by atoms with E-state index in [1.54, 1.807) is 0 Å². The molecule has 0 amide bonds. The van der Waals surface area contributed by atoms with Gasteiger partial charge in [-0.25, -0.2) is 4.79 Å². The molecule has 0 aromatic heterocycles. The Morgan fingerprint density at radius 1 is 1.14 bits per heavy atom. The summed E-state index contributed by atoms with van der Waals surface area (Å²) in [6, 6.07) is 0. The Bertz CT molecular complexity index is 305. The smallest absolute Gasteiger partial charge is 0.329 e. The SMILES string of the molecule is CCC(C)(CCCOC(CC)(CC)CCN)COCC(=O)O. The van der Waals surface area contributed by atoms with Gasteiger partial charge in [0.05, 0.1) is 12.2 Å². The number of ether oxygens (including phenoxy) is 2. The number of carbonyl (C=O) groups is 1. The molecule has 1 atom stereocenters. The molecule has 0 aliphatic heterocycles. The second kappa shape index (κ2) is 11.0. The topological polar surface area (TPSA) is 81.8 Å². The Balaban J connectivity index is 4.20. The van der Waals surface area contributed by atoms with E-state index in [9.17, 15) is 4.79 Å². The molecule has 0 radical (unpaired) electrons. The first kappa shape index (κ1) is 21.4. The summed E-state index contributed by atoms with van der Waals surface area (Å²) in [5, 5.41) is 8.64. The van der Waals surface area contributed by atoms with Gasteiger partial charge in [-0.2, -0.15) is 0 Å². The number of carboxylic acid groups (broad SMARTS) is 1. The Labute approximate surface area is 135 Å². The van der Waals surface area contributed by atoms with Crippen LogP contribution in [0.4, 0.5) is 0 Å². The van der Waals surface area contributed by atoms with Crippen molar-refractivity contribution in [3.63, 3.8) is 0 Å². The van der Waals surface area contributed by atoms with Crippen molar-refractivity contribution in [1.29, 1.82) is 0 Å². The zero-order chi connectivity index (χ0) is 17.1. The van der Waals surface area contributed by atoms with Crippen molar-refractivity contribution >= 4 is 5.97 Å². The van der Waals surface area contributed by atoms with Crippen LogP contribution in [0.2, 0.25) is 0 Å². The third-order valence-corrected chi connectivity index (χ3v) is 4.75. The minimum atomic E-state index is -0.917. The van der Waals surface area contributed by atoms with Crippen LogP contribution in [0.1, 0.15) is 66.2 Å². The molecule has 0 bridgehead atoms. The van der Waals surface area contributed by atoms with Gasteiger partial charge < -0.3 is 20.3 Å². The quantitative estimate of drug-likeness (QED) is 0.481. The Kier molecular flexibility index (Phi) is 10.6. The first-order valence-electron chi connectivity index (χ1n) is 8.50. The van der Waals surface area contributed by atoms with Crippen LogP contribution < -0.4 is 5.73 Å². The molecular formula is C17H35NO4. The van der Waals surface area contributed by atoms with E-state index in [-0.39, 0.29) is 17.6 Å². The average Bonchev–Trinajstić information content (AvgIpc) is 2.50. The van der Waals surface area contributed by atoms with Crippen LogP contribution in [0, 0.1) is 5.41 Å². The lowest BCUT2D eigenvalue weighted by Crippen LogP contribution is -2.34. The third kappa shape index (κ3) is 8.11. The number of carboxylic acids is 1. The van der Waals surface area contributed by atoms with Crippen LogP contribution in [0.5, 0.6) is 0 Å². The molecule has 0 fully saturated rings. The monoisotopic (exact) mass is 317 g/mol. The van der Waals surface area contributed by atoms with Crippen molar-refractivity contribution in [2.24, 2.45) is 11.1 Å². The summed E-state index contributed by atoms with van der Waals surface area (Å²) >= 11 is 0. The summed E-state index contributed by atoms with van der Waals surface area (Å²) in [5.41, 5.74) is 5.62. The standard InChI is InChI=1S/C17H35NO4/c1-5-16(4,14-21-13-15(19)20)9-8-12-22-17(6-2,7-3)10-11-18/h5-14,18H2,1-4H3,(H,19,20). The van der Waals surface area contributed by atoms with Gasteiger partial charge in [-0.05, 0) is 50.5 Å². The second-order valence-electron chi connectivity index (χ2n) is 6.43. The molecule has 132 valence electrons. The Morgan fingerprint density at radius 3 is 2.23 bits per heavy atom. The molecule has 1 unspecified atom stereocenters. The number of nitrogens with two attached hydrogens (primary N) is 1. The Hall–Kier alpha value is -0.650. The first-order valence-corrected chi connectivity index (χ1v) is 8.50. The highest BCUT2D eigenvalue weighted by Crippen LogP contribution is 2.29. The van der Waals surface area contributed by atoms with Crippen molar-refractivity contribution in [2.75, 3.05) is 26.4 Å². The van der Waals surface area contributed by atoms with E-state index in [0.717, 1.165) is 45.1 Å². The highest BCUT2D eigenvalue weighted by Gasteiger charge is 2.27. The van der Waals surface area contributed by atoms with Gasteiger partial charge in [-0.1, -0.05) is 27.7 Å². The molecule has 0 aliphatic carbocycles. The fraction of sp³-hybridized carbons (Fsp3) is 0.941. The number of rotatable bonds is 14. The summed E-state index contributed by atoms with van der Waals surface area (Å²) < 4.78 is 11.4. The fourth-order valence-electron chi connectivity index (χ4n) is 2.67. The molecule has 0 heterocycles. The van der Waals surface area contributed by atoms with Gasteiger partial charge in [0, 0.05) is 6.61 Å². The van der Waals surface area contributed by atoms with Gasteiger partial charge >= 0.3 is 5.97 Å². The number of aliphatic carboxylic acids is 1. The fourth-order valence-corrected chi connectivity index (χ4v) is 2.67. The molecule has 0 rings (SSSR count). The predicted molar refractivity (Wildman–Crippen MR) is 89.0 cm³/mol. The van der Waals surface area contributed by atoms with Crippen molar-refractivity contribution in [3.8, 4) is 0 Å². The molecule has 5 nitrogen and oxygen atoms in total. The van der Waals surface area contributed by atoms with Gasteiger partial charge in [0.1, 0.15) is 6.61 Å². The molecule has 22 heavy (non-hydrogen) atoms. The van der Waals surface area contributed by atoms with E-state index in [0.29, 0.717) is 13.2 Å². The van der Waals surface area contributed by atoms with Crippen LogP contribution >= 0.6 is 0 Å². The van der Waals surface area contributed by atoms with Crippen LogP contribution in [-0.4, -0.2) is 43.0 Å². The zero-order valence-corrected chi connectivity index (χ0v) is 14.8. The van der Waals surface area contributed by atoms with Crippen LogP contribution in [0.25, 0.3) is 0 Å². The van der Waals surface area contributed by atoms with E-state index in [1.165, 1.54) is 0 Å². The lowest BCUT2D eigenvalue weighted by Gasteiger charge is -2.33.